The van der Waals surface area contributed by atoms with Gasteiger partial charge < -0.3 is 14.2 Å². The summed E-state index contributed by atoms with van der Waals surface area (Å²) in [6.45, 7) is 6.72. The van der Waals surface area contributed by atoms with Gasteiger partial charge in [0, 0.05) is 13.0 Å². The minimum absolute atomic E-state index is 0.333. The van der Waals surface area contributed by atoms with Crippen LogP contribution >= 0.6 is 0 Å². The Morgan fingerprint density at radius 3 is 2.33 bits per heavy atom. The van der Waals surface area contributed by atoms with E-state index in [0.717, 1.165) is 5.56 Å². The molecule has 21 heavy (non-hydrogen) atoms. The first kappa shape index (κ1) is 16.8. The highest BCUT2D eigenvalue weighted by atomic mass is 16.6. The number of carbonyl (C=O) groups excluding carboxylic acids is 2. The van der Waals surface area contributed by atoms with Gasteiger partial charge in [-0.05, 0) is 44.5 Å². The molecule has 1 aromatic carbocycles. The van der Waals surface area contributed by atoms with Crippen LogP contribution in [0.15, 0.2) is 24.3 Å². The maximum atomic E-state index is 11.6. The molecule has 1 rings (SSSR count). The predicted octanol–water partition coefficient (Wildman–Crippen LogP) is 2.98. The molecule has 0 saturated carbocycles. The first-order valence-corrected chi connectivity index (χ1v) is 6.49. The fraction of sp³-hybridized carbons (Fsp3) is 0.375. The molecule has 0 bridgehead atoms. The number of rotatable bonds is 4. The molecule has 0 amide bonds. The molecule has 0 N–H and O–H groups in total. The largest absolute Gasteiger partial charge is 0.493 e. The molecule has 1 aromatic rings. The number of carbonyl (C=O) groups is 2. The first-order valence-electron chi connectivity index (χ1n) is 6.49. The van der Waals surface area contributed by atoms with Crippen molar-refractivity contribution in [1.82, 2.24) is 0 Å². The maximum absolute atomic E-state index is 11.6. The van der Waals surface area contributed by atoms with Crippen LogP contribution in [0.2, 0.25) is 0 Å². The van der Waals surface area contributed by atoms with Gasteiger partial charge in [-0.15, -0.1) is 0 Å². The van der Waals surface area contributed by atoms with Crippen molar-refractivity contribution >= 4 is 18.0 Å². The third-order valence-electron chi connectivity index (χ3n) is 2.26. The van der Waals surface area contributed by atoms with E-state index in [4.69, 9.17) is 14.2 Å². The molecule has 0 fully saturated rings. The Morgan fingerprint density at radius 2 is 1.81 bits per heavy atom. The van der Waals surface area contributed by atoms with E-state index in [9.17, 15) is 9.59 Å². The number of methoxy groups -OCH3 is 1. The van der Waals surface area contributed by atoms with Crippen LogP contribution in [0.4, 0.5) is 0 Å². The van der Waals surface area contributed by atoms with Gasteiger partial charge in [0.05, 0.1) is 7.11 Å². The van der Waals surface area contributed by atoms with Crippen molar-refractivity contribution in [2.24, 2.45) is 0 Å². The van der Waals surface area contributed by atoms with E-state index in [1.165, 1.54) is 20.1 Å². The average molecular weight is 292 g/mol. The van der Waals surface area contributed by atoms with E-state index in [0.29, 0.717) is 11.5 Å². The summed E-state index contributed by atoms with van der Waals surface area (Å²) in [6, 6.07) is 4.98. The Kier molecular flexibility index (Phi) is 5.52. The number of esters is 2. The van der Waals surface area contributed by atoms with Crippen LogP contribution in [0.5, 0.6) is 11.5 Å². The van der Waals surface area contributed by atoms with E-state index >= 15 is 0 Å². The summed E-state index contributed by atoms with van der Waals surface area (Å²) in [4.78, 5) is 22.6. The topological polar surface area (TPSA) is 61.8 Å². The summed E-state index contributed by atoms with van der Waals surface area (Å²) in [5, 5.41) is 0. The summed E-state index contributed by atoms with van der Waals surface area (Å²) in [5.41, 5.74) is 0.201. The summed E-state index contributed by atoms with van der Waals surface area (Å²) in [6.07, 6.45) is 2.94. The molecule has 0 aromatic heterocycles. The van der Waals surface area contributed by atoms with Crippen LogP contribution in [0.25, 0.3) is 6.08 Å². The number of hydrogen-bond acceptors (Lipinski definition) is 5. The molecule has 0 heterocycles. The minimum atomic E-state index is -0.529. The van der Waals surface area contributed by atoms with Crippen molar-refractivity contribution in [1.29, 1.82) is 0 Å². The molecule has 0 aliphatic carbocycles. The van der Waals surface area contributed by atoms with E-state index in [1.807, 2.05) is 0 Å². The Labute approximate surface area is 124 Å². The van der Waals surface area contributed by atoms with E-state index in [2.05, 4.69) is 0 Å². The van der Waals surface area contributed by atoms with Crippen LogP contribution in [0, 0.1) is 0 Å². The lowest BCUT2D eigenvalue weighted by Crippen LogP contribution is -2.22. The third-order valence-corrected chi connectivity index (χ3v) is 2.26. The standard InChI is InChI=1S/C16H20O5/c1-11(17)20-13-8-6-12(10-14(13)19-5)7-9-15(18)21-16(2,3)4/h6-10H,1-5H3. The molecular formula is C16H20O5. The summed E-state index contributed by atoms with van der Waals surface area (Å²) in [7, 11) is 1.48. The molecule has 5 nitrogen and oxygen atoms in total. The zero-order chi connectivity index (χ0) is 16.0. The van der Waals surface area contributed by atoms with E-state index in [1.54, 1.807) is 45.0 Å². The van der Waals surface area contributed by atoms with Gasteiger partial charge in [-0.2, -0.15) is 0 Å². The zero-order valence-electron chi connectivity index (χ0n) is 12.9. The monoisotopic (exact) mass is 292 g/mol. The zero-order valence-corrected chi connectivity index (χ0v) is 12.9. The fourth-order valence-corrected chi connectivity index (χ4v) is 1.53. The van der Waals surface area contributed by atoms with Crippen molar-refractivity contribution in [2.75, 3.05) is 7.11 Å². The number of hydrogen-bond donors (Lipinski definition) is 0. The number of benzene rings is 1. The van der Waals surface area contributed by atoms with E-state index < -0.39 is 17.5 Å². The van der Waals surface area contributed by atoms with Gasteiger partial charge in [0.25, 0.3) is 0 Å². The molecule has 0 saturated heterocycles. The molecule has 0 atom stereocenters. The van der Waals surface area contributed by atoms with Gasteiger partial charge in [0.1, 0.15) is 5.60 Å². The van der Waals surface area contributed by atoms with Crippen LogP contribution in [-0.2, 0) is 14.3 Å². The van der Waals surface area contributed by atoms with Gasteiger partial charge in [-0.25, -0.2) is 4.79 Å². The molecule has 0 aliphatic heterocycles. The van der Waals surface area contributed by atoms with Crippen LogP contribution < -0.4 is 9.47 Å². The average Bonchev–Trinajstić information content (AvgIpc) is 2.34. The molecular weight excluding hydrogens is 272 g/mol. The van der Waals surface area contributed by atoms with Gasteiger partial charge in [0.15, 0.2) is 11.5 Å². The molecule has 0 unspecified atom stereocenters. The summed E-state index contributed by atoms with van der Waals surface area (Å²) in [5.74, 6) is -0.105. The third kappa shape index (κ3) is 6.12. The molecule has 114 valence electrons. The van der Waals surface area contributed by atoms with Crippen molar-refractivity contribution in [3.05, 3.63) is 29.8 Å². The Morgan fingerprint density at radius 1 is 1.14 bits per heavy atom. The van der Waals surface area contributed by atoms with Gasteiger partial charge in [-0.3, -0.25) is 4.79 Å². The fourth-order valence-electron chi connectivity index (χ4n) is 1.53. The highest BCUT2D eigenvalue weighted by molar-refractivity contribution is 5.87. The SMILES string of the molecule is COc1cc(C=CC(=O)OC(C)(C)C)ccc1OC(C)=O. The first-order chi connectivity index (χ1) is 9.71. The lowest BCUT2D eigenvalue weighted by atomic mass is 10.2. The lowest BCUT2D eigenvalue weighted by Gasteiger charge is -2.17. The van der Waals surface area contributed by atoms with Gasteiger partial charge in [-0.1, -0.05) is 6.07 Å². The Hall–Kier alpha value is -2.30. The lowest BCUT2D eigenvalue weighted by molar-refractivity contribution is -0.148. The minimum Gasteiger partial charge on any atom is -0.493 e. The van der Waals surface area contributed by atoms with Crippen molar-refractivity contribution in [3.8, 4) is 11.5 Å². The molecule has 5 heteroatoms. The van der Waals surface area contributed by atoms with Crippen LogP contribution in [-0.4, -0.2) is 24.6 Å². The quantitative estimate of drug-likeness (QED) is 0.485. The van der Waals surface area contributed by atoms with Crippen molar-refractivity contribution in [3.63, 3.8) is 0 Å². The van der Waals surface area contributed by atoms with Crippen molar-refractivity contribution in [2.45, 2.75) is 33.3 Å². The summed E-state index contributed by atoms with van der Waals surface area (Å²) < 4.78 is 15.3. The highest BCUT2D eigenvalue weighted by Crippen LogP contribution is 2.28. The van der Waals surface area contributed by atoms with Gasteiger partial charge in [0.2, 0.25) is 0 Å². The second-order valence-corrected chi connectivity index (χ2v) is 5.37. The Balaban J connectivity index is 2.85. The maximum Gasteiger partial charge on any atom is 0.331 e. The summed E-state index contributed by atoms with van der Waals surface area (Å²) >= 11 is 0. The number of ether oxygens (including phenoxy) is 3. The molecule has 0 aliphatic rings. The van der Waals surface area contributed by atoms with Crippen LogP contribution in [0.1, 0.15) is 33.3 Å². The van der Waals surface area contributed by atoms with Crippen molar-refractivity contribution < 1.29 is 23.8 Å². The second-order valence-electron chi connectivity index (χ2n) is 5.37. The van der Waals surface area contributed by atoms with Crippen LogP contribution in [0.3, 0.4) is 0 Å². The molecule has 0 spiro atoms. The smallest absolute Gasteiger partial charge is 0.331 e. The molecule has 0 radical (unpaired) electrons. The Bertz CT molecular complexity index is 552. The van der Waals surface area contributed by atoms with Gasteiger partial charge >= 0.3 is 11.9 Å². The highest BCUT2D eigenvalue weighted by Gasteiger charge is 2.14. The predicted molar refractivity (Wildman–Crippen MR) is 79.2 cm³/mol. The van der Waals surface area contributed by atoms with E-state index in [-0.39, 0.29) is 0 Å². The normalized spacial score (nSPS) is 11.3. The second kappa shape index (κ2) is 6.92.